The molecule has 0 N–H and O–H groups in total. The Hall–Kier alpha value is -1.51. The highest BCUT2D eigenvalue weighted by Gasteiger charge is 2.24. The molecule has 1 aromatic rings. The van der Waals surface area contributed by atoms with E-state index in [-0.39, 0.29) is 5.91 Å². The molecule has 0 spiro atoms. The summed E-state index contributed by atoms with van der Waals surface area (Å²) in [6, 6.07) is 8.32. The zero-order valence-corrected chi connectivity index (χ0v) is 11.2. The fourth-order valence-electron chi connectivity index (χ4n) is 2.60. The van der Waals surface area contributed by atoms with Crippen LogP contribution in [0.5, 0.6) is 5.75 Å². The SMILES string of the molecule is COc1ccccc1CCC(=O)N1CCCC1C. The Labute approximate surface area is 109 Å². The Morgan fingerprint density at radius 2 is 2.22 bits per heavy atom. The van der Waals surface area contributed by atoms with Crippen LogP contribution >= 0.6 is 0 Å². The van der Waals surface area contributed by atoms with Crippen molar-refractivity contribution >= 4 is 5.91 Å². The topological polar surface area (TPSA) is 29.5 Å². The molecule has 1 atom stereocenters. The van der Waals surface area contributed by atoms with Crippen LogP contribution in [0.25, 0.3) is 0 Å². The monoisotopic (exact) mass is 247 g/mol. The number of hydrogen-bond donors (Lipinski definition) is 0. The minimum Gasteiger partial charge on any atom is -0.496 e. The molecule has 1 amide bonds. The summed E-state index contributed by atoms with van der Waals surface area (Å²) < 4.78 is 5.30. The normalized spacial score (nSPS) is 19.0. The van der Waals surface area contributed by atoms with E-state index < -0.39 is 0 Å². The van der Waals surface area contributed by atoms with Gasteiger partial charge < -0.3 is 9.64 Å². The van der Waals surface area contributed by atoms with Crippen LogP contribution in [0.1, 0.15) is 31.7 Å². The number of hydrogen-bond acceptors (Lipinski definition) is 2. The number of nitrogens with zero attached hydrogens (tertiary/aromatic N) is 1. The molecule has 0 bridgehead atoms. The predicted molar refractivity (Wildman–Crippen MR) is 71.7 cm³/mol. The molecular weight excluding hydrogens is 226 g/mol. The molecule has 0 saturated carbocycles. The van der Waals surface area contributed by atoms with Gasteiger partial charge in [0.25, 0.3) is 0 Å². The number of amides is 1. The molecule has 3 nitrogen and oxygen atoms in total. The van der Waals surface area contributed by atoms with Gasteiger partial charge in [-0.1, -0.05) is 18.2 Å². The second-order valence-corrected chi connectivity index (χ2v) is 4.89. The molecule has 1 saturated heterocycles. The third-order valence-electron chi connectivity index (χ3n) is 3.67. The van der Waals surface area contributed by atoms with Crippen molar-refractivity contribution < 1.29 is 9.53 Å². The van der Waals surface area contributed by atoms with Crippen LogP contribution in [0.3, 0.4) is 0 Å². The van der Waals surface area contributed by atoms with Gasteiger partial charge in [0, 0.05) is 19.0 Å². The zero-order chi connectivity index (χ0) is 13.0. The molecule has 0 aliphatic carbocycles. The number of rotatable bonds is 4. The van der Waals surface area contributed by atoms with Gasteiger partial charge in [-0.05, 0) is 37.8 Å². The van der Waals surface area contributed by atoms with Gasteiger partial charge in [0.15, 0.2) is 0 Å². The Morgan fingerprint density at radius 3 is 2.89 bits per heavy atom. The number of aryl methyl sites for hydroxylation is 1. The van der Waals surface area contributed by atoms with Crippen LogP contribution in [0.2, 0.25) is 0 Å². The van der Waals surface area contributed by atoms with Gasteiger partial charge in [-0.3, -0.25) is 4.79 Å². The van der Waals surface area contributed by atoms with E-state index >= 15 is 0 Å². The molecule has 1 unspecified atom stereocenters. The number of likely N-dealkylation sites (tertiary alicyclic amines) is 1. The second-order valence-electron chi connectivity index (χ2n) is 4.89. The van der Waals surface area contributed by atoms with E-state index in [0.29, 0.717) is 12.5 Å². The summed E-state index contributed by atoms with van der Waals surface area (Å²) in [5.74, 6) is 1.14. The minimum atomic E-state index is 0.269. The predicted octanol–water partition coefficient (Wildman–Crippen LogP) is 2.64. The van der Waals surface area contributed by atoms with Crippen molar-refractivity contribution in [1.29, 1.82) is 0 Å². The maximum absolute atomic E-state index is 12.1. The highest BCUT2D eigenvalue weighted by atomic mass is 16.5. The van der Waals surface area contributed by atoms with Crippen LogP contribution in [0.4, 0.5) is 0 Å². The Kier molecular flexibility index (Phi) is 4.24. The standard InChI is InChI=1S/C15H21NO2/c1-12-6-5-11-16(12)15(17)10-9-13-7-3-4-8-14(13)18-2/h3-4,7-8,12H,5-6,9-11H2,1-2H3. The van der Waals surface area contributed by atoms with Gasteiger partial charge in [0.1, 0.15) is 5.75 Å². The fourth-order valence-corrected chi connectivity index (χ4v) is 2.60. The number of para-hydroxylation sites is 1. The van der Waals surface area contributed by atoms with Crippen molar-refractivity contribution in [3.05, 3.63) is 29.8 Å². The molecule has 1 aliphatic rings. The number of ether oxygens (including phenoxy) is 1. The maximum atomic E-state index is 12.1. The average Bonchev–Trinajstić information content (AvgIpc) is 2.82. The molecule has 1 fully saturated rings. The molecule has 18 heavy (non-hydrogen) atoms. The van der Waals surface area contributed by atoms with E-state index in [9.17, 15) is 4.79 Å². The zero-order valence-electron chi connectivity index (χ0n) is 11.2. The largest absolute Gasteiger partial charge is 0.496 e. The average molecular weight is 247 g/mol. The van der Waals surface area contributed by atoms with Crippen molar-refractivity contribution in [2.45, 2.75) is 38.6 Å². The van der Waals surface area contributed by atoms with Gasteiger partial charge in [-0.2, -0.15) is 0 Å². The lowest BCUT2D eigenvalue weighted by Gasteiger charge is -2.21. The van der Waals surface area contributed by atoms with E-state index in [0.717, 1.165) is 37.1 Å². The summed E-state index contributed by atoms with van der Waals surface area (Å²) in [5, 5.41) is 0. The van der Waals surface area contributed by atoms with Crippen molar-refractivity contribution in [1.82, 2.24) is 4.90 Å². The van der Waals surface area contributed by atoms with Crippen LogP contribution < -0.4 is 4.74 Å². The van der Waals surface area contributed by atoms with Crippen LogP contribution in [0.15, 0.2) is 24.3 Å². The first-order chi connectivity index (χ1) is 8.72. The highest BCUT2D eigenvalue weighted by Crippen LogP contribution is 2.21. The minimum absolute atomic E-state index is 0.269. The molecule has 3 heteroatoms. The van der Waals surface area contributed by atoms with E-state index in [1.165, 1.54) is 0 Å². The van der Waals surface area contributed by atoms with E-state index in [2.05, 4.69) is 6.92 Å². The van der Waals surface area contributed by atoms with Crippen LogP contribution in [-0.2, 0) is 11.2 Å². The van der Waals surface area contributed by atoms with Gasteiger partial charge in [0.05, 0.1) is 7.11 Å². The lowest BCUT2D eigenvalue weighted by atomic mass is 10.1. The smallest absolute Gasteiger partial charge is 0.223 e. The van der Waals surface area contributed by atoms with Gasteiger partial charge in [-0.25, -0.2) is 0 Å². The van der Waals surface area contributed by atoms with Crippen LogP contribution in [-0.4, -0.2) is 30.5 Å². The number of carbonyl (C=O) groups excluding carboxylic acids is 1. The number of benzene rings is 1. The van der Waals surface area contributed by atoms with Gasteiger partial charge >= 0.3 is 0 Å². The first kappa shape index (κ1) is 12.9. The van der Waals surface area contributed by atoms with E-state index in [1.807, 2.05) is 29.2 Å². The third kappa shape index (κ3) is 2.84. The lowest BCUT2D eigenvalue weighted by molar-refractivity contribution is -0.131. The number of carbonyl (C=O) groups is 1. The van der Waals surface area contributed by atoms with Crippen molar-refractivity contribution in [2.24, 2.45) is 0 Å². The van der Waals surface area contributed by atoms with Crippen molar-refractivity contribution in [3.63, 3.8) is 0 Å². The van der Waals surface area contributed by atoms with Crippen molar-refractivity contribution in [2.75, 3.05) is 13.7 Å². The van der Waals surface area contributed by atoms with Crippen molar-refractivity contribution in [3.8, 4) is 5.75 Å². The van der Waals surface area contributed by atoms with Gasteiger partial charge in [-0.15, -0.1) is 0 Å². The summed E-state index contributed by atoms with van der Waals surface area (Å²) in [7, 11) is 1.67. The third-order valence-corrected chi connectivity index (χ3v) is 3.67. The molecule has 1 aromatic carbocycles. The summed E-state index contributed by atoms with van der Waals surface area (Å²) in [6.45, 7) is 3.06. The molecule has 0 radical (unpaired) electrons. The summed E-state index contributed by atoms with van der Waals surface area (Å²) in [4.78, 5) is 14.1. The second kappa shape index (κ2) is 5.89. The fraction of sp³-hybridized carbons (Fsp3) is 0.533. The van der Waals surface area contributed by atoms with E-state index in [1.54, 1.807) is 7.11 Å². The summed E-state index contributed by atoms with van der Waals surface area (Å²) >= 11 is 0. The first-order valence-corrected chi connectivity index (χ1v) is 6.63. The molecule has 1 aliphatic heterocycles. The molecular formula is C15H21NO2. The molecule has 2 rings (SSSR count). The molecule has 98 valence electrons. The quantitative estimate of drug-likeness (QED) is 0.818. The highest BCUT2D eigenvalue weighted by molar-refractivity contribution is 5.77. The molecule has 0 aromatic heterocycles. The first-order valence-electron chi connectivity index (χ1n) is 6.63. The number of methoxy groups -OCH3 is 1. The Balaban J connectivity index is 1.93. The van der Waals surface area contributed by atoms with E-state index in [4.69, 9.17) is 4.74 Å². The maximum Gasteiger partial charge on any atom is 0.223 e. The van der Waals surface area contributed by atoms with Gasteiger partial charge in [0.2, 0.25) is 5.91 Å². The lowest BCUT2D eigenvalue weighted by Crippen LogP contribution is -2.33. The Morgan fingerprint density at radius 1 is 1.44 bits per heavy atom. The summed E-state index contributed by atoms with van der Waals surface area (Å²) in [6.07, 6.45) is 3.61. The summed E-state index contributed by atoms with van der Waals surface area (Å²) in [5.41, 5.74) is 1.11. The van der Waals surface area contributed by atoms with Crippen LogP contribution in [0, 0.1) is 0 Å². The Bertz CT molecular complexity index is 417. The molecule has 1 heterocycles.